The highest BCUT2D eigenvalue weighted by Gasteiger charge is 2.20. The first-order chi connectivity index (χ1) is 9.09. The van der Waals surface area contributed by atoms with Crippen LogP contribution in [0.2, 0.25) is 0 Å². The van der Waals surface area contributed by atoms with Gasteiger partial charge >= 0.3 is 0 Å². The van der Waals surface area contributed by atoms with Crippen molar-refractivity contribution < 1.29 is 4.74 Å². The van der Waals surface area contributed by atoms with Crippen LogP contribution >= 0.6 is 0 Å². The van der Waals surface area contributed by atoms with E-state index in [9.17, 15) is 0 Å². The largest absolute Gasteiger partial charge is 0.378 e. The molecule has 1 aliphatic heterocycles. The van der Waals surface area contributed by atoms with E-state index in [0.29, 0.717) is 6.10 Å². The van der Waals surface area contributed by atoms with Crippen LogP contribution in [0.1, 0.15) is 52.9 Å². The van der Waals surface area contributed by atoms with Gasteiger partial charge in [0.05, 0.1) is 6.10 Å². The number of nitrogens with zero attached hydrogens (tertiary/aromatic N) is 1. The monoisotopic (exact) mass is 270 g/mol. The van der Waals surface area contributed by atoms with E-state index in [1.54, 1.807) is 0 Å². The predicted octanol–water partition coefficient (Wildman–Crippen LogP) is 2.90. The Labute approximate surface area is 120 Å². The predicted molar refractivity (Wildman–Crippen MR) is 82.6 cm³/mol. The molecule has 0 bridgehead atoms. The second-order valence-corrected chi connectivity index (χ2v) is 6.49. The van der Waals surface area contributed by atoms with Crippen molar-refractivity contribution >= 4 is 0 Å². The van der Waals surface area contributed by atoms with Gasteiger partial charge in [0, 0.05) is 12.6 Å². The third-order valence-electron chi connectivity index (χ3n) is 4.04. The lowest BCUT2D eigenvalue weighted by atomic mass is 10.1. The van der Waals surface area contributed by atoms with Gasteiger partial charge in [-0.2, -0.15) is 0 Å². The van der Waals surface area contributed by atoms with Crippen LogP contribution in [0.25, 0.3) is 0 Å². The molecule has 1 fully saturated rings. The first-order valence-electron chi connectivity index (χ1n) is 8.12. The number of hydrogen-bond acceptors (Lipinski definition) is 3. The molecule has 3 nitrogen and oxygen atoms in total. The molecule has 0 aliphatic carbocycles. The second-order valence-electron chi connectivity index (χ2n) is 6.49. The normalized spacial score (nSPS) is 22.3. The van der Waals surface area contributed by atoms with E-state index in [1.807, 2.05) is 0 Å². The van der Waals surface area contributed by atoms with Gasteiger partial charge in [-0.25, -0.2) is 0 Å². The average molecular weight is 270 g/mol. The molecule has 0 radical (unpaired) electrons. The summed E-state index contributed by atoms with van der Waals surface area (Å²) in [7, 11) is 2.24. The lowest BCUT2D eigenvalue weighted by Gasteiger charge is -2.20. The van der Waals surface area contributed by atoms with Crippen LogP contribution in [-0.4, -0.2) is 50.3 Å². The van der Waals surface area contributed by atoms with Crippen molar-refractivity contribution in [3.05, 3.63) is 0 Å². The van der Waals surface area contributed by atoms with Crippen molar-refractivity contribution in [2.45, 2.75) is 65.0 Å². The summed E-state index contributed by atoms with van der Waals surface area (Å²) in [6.07, 6.45) is 6.72. The molecule has 0 spiro atoms. The van der Waals surface area contributed by atoms with Gasteiger partial charge in [0.15, 0.2) is 0 Å². The van der Waals surface area contributed by atoms with E-state index in [4.69, 9.17) is 4.74 Å². The molecule has 1 N–H and O–H groups in total. The number of rotatable bonds is 10. The molecule has 3 heteroatoms. The minimum absolute atomic E-state index is 0.410. The van der Waals surface area contributed by atoms with Crippen molar-refractivity contribution in [3.63, 3.8) is 0 Å². The highest BCUT2D eigenvalue weighted by Crippen LogP contribution is 2.18. The van der Waals surface area contributed by atoms with Crippen molar-refractivity contribution in [1.82, 2.24) is 10.2 Å². The Hall–Kier alpha value is -0.120. The summed E-state index contributed by atoms with van der Waals surface area (Å²) in [4.78, 5) is 2.48. The fourth-order valence-electron chi connectivity index (χ4n) is 2.74. The summed E-state index contributed by atoms with van der Waals surface area (Å²) < 4.78 is 5.93. The van der Waals surface area contributed by atoms with E-state index in [-0.39, 0.29) is 0 Å². The molecule has 1 aliphatic rings. The number of likely N-dealkylation sites (tertiary alicyclic amines) is 1. The van der Waals surface area contributed by atoms with Crippen LogP contribution in [0, 0.1) is 5.92 Å². The first-order valence-corrected chi connectivity index (χ1v) is 8.12. The lowest BCUT2D eigenvalue weighted by molar-refractivity contribution is 0.0475. The maximum atomic E-state index is 5.93. The Morgan fingerprint density at radius 2 is 2.11 bits per heavy atom. The van der Waals surface area contributed by atoms with E-state index in [2.05, 4.69) is 38.0 Å². The molecular weight excluding hydrogens is 236 g/mol. The Morgan fingerprint density at radius 1 is 1.32 bits per heavy atom. The smallest absolute Gasteiger partial charge is 0.0547 e. The molecule has 0 aromatic heterocycles. The highest BCUT2D eigenvalue weighted by molar-refractivity contribution is 4.75. The summed E-state index contributed by atoms with van der Waals surface area (Å²) in [6.45, 7) is 11.1. The van der Waals surface area contributed by atoms with Gasteiger partial charge in [-0.1, -0.05) is 13.8 Å². The fourth-order valence-corrected chi connectivity index (χ4v) is 2.74. The molecular formula is C16H34N2O. The summed E-state index contributed by atoms with van der Waals surface area (Å²) >= 11 is 0. The maximum absolute atomic E-state index is 5.93. The second kappa shape index (κ2) is 9.73. The van der Waals surface area contributed by atoms with Crippen LogP contribution in [-0.2, 0) is 4.74 Å². The standard InChI is InChI=1S/C16H34N2O/c1-14(2)13-17-10-5-7-15(3)19-12-9-16-8-6-11-18(16)4/h14-17H,5-13H2,1-4H3. The van der Waals surface area contributed by atoms with Gasteiger partial charge < -0.3 is 15.0 Å². The van der Waals surface area contributed by atoms with Gasteiger partial charge in [0.25, 0.3) is 0 Å². The van der Waals surface area contributed by atoms with E-state index in [0.717, 1.165) is 31.7 Å². The van der Waals surface area contributed by atoms with Gasteiger partial charge in [-0.05, 0) is 71.6 Å². The van der Waals surface area contributed by atoms with Crippen LogP contribution in [0.15, 0.2) is 0 Å². The van der Waals surface area contributed by atoms with E-state index < -0.39 is 0 Å². The van der Waals surface area contributed by atoms with Gasteiger partial charge in [-0.15, -0.1) is 0 Å². The zero-order valence-corrected chi connectivity index (χ0v) is 13.5. The molecule has 0 amide bonds. The van der Waals surface area contributed by atoms with Crippen LogP contribution in [0.5, 0.6) is 0 Å². The minimum atomic E-state index is 0.410. The highest BCUT2D eigenvalue weighted by atomic mass is 16.5. The molecule has 0 aromatic rings. The van der Waals surface area contributed by atoms with Crippen LogP contribution < -0.4 is 5.32 Å². The zero-order valence-electron chi connectivity index (χ0n) is 13.5. The quantitative estimate of drug-likeness (QED) is 0.618. The van der Waals surface area contributed by atoms with Gasteiger partial charge in [-0.3, -0.25) is 0 Å². The molecule has 114 valence electrons. The van der Waals surface area contributed by atoms with Crippen molar-refractivity contribution in [3.8, 4) is 0 Å². The van der Waals surface area contributed by atoms with Crippen LogP contribution in [0.4, 0.5) is 0 Å². The van der Waals surface area contributed by atoms with Crippen LogP contribution in [0.3, 0.4) is 0 Å². The third-order valence-corrected chi connectivity index (χ3v) is 4.04. The first kappa shape index (κ1) is 16.9. The molecule has 19 heavy (non-hydrogen) atoms. The molecule has 1 saturated heterocycles. The average Bonchev–Trinajstić information content (AvgIpc) is 2.74. The Balaban J connectivity index is 1.91. The summed E-state index contributed by atoms with van der Waals surface area (Å²) in [5.41, 5.74) is 0. The SMILES string of the molecule is CC(C)CNCCCC(C)OCCC1CCCN1C. The molecule has 2 unspecified atom stereocenters. The summed E-state index contributed by atoms with van der Waals surface area (Å²) in [6, 6.07) is 0.764. The summed E-state index contributed by atoms with van der Waals surface area (Å²) in [5, 5.41) is 3.48. The number of ether oxygens (including phenoxy) is 1. The number of hydrogen-bond donors (Lipinski definition) is 1. The molecule has 0 aromatic carbocycles. The van der Waals surface area contributed by atoms with Crippen molar-refractivity contribution in [2.24, 2.45) is 5.92 Å². The van der Waals surface area contributed by atoms with Crippen molar-refractivity contribution in [2.75, 3.05) is 33.3 Å². The minimum Gasteiger partial charge on any atom is -0.378 e. The van der Waals surface area contributed by atoms with E-state index >= 15 is 0 Å². The Morgan fingerprint density at radius 3 is 2.74 bits per heavy atom. The third kappa shape index (κ3) is 7.91. The fraction of sp³-hybridized carbons (Fsp3) is 1.00. The zero-order chi connectivity index (χ0) is 14.1. The molecule has 0 saturated carbocycles. The van der Waals surface area contributed by atoms with Crippen molar-refractivity contribution in [1.29, 1.82) is 0 Å². The lowest BCUT2D eigenvalue weighted by Crippen LogP contribution is -2.27. The van der Waals surface area contributed by atoms with Gasteiger partial charge in [0.1, 0.15) is 0 Å². The molecule has 1 heterocycles. The Kier molecular flexibility index (Phi) is 8.67. The number of nitrogens with one attached hydrogen (secondary N) is 1. The topological polar surface area (TPSA) is 24.5 Å². The molecule has 1 rings (SSSR count). The Bertz CT molecular complexity index is 221. The summed E-state index contributed by atoms with van der Waals surface area (Å²) in [5.74, 6) is 0.747. The maximum Gasteiger partial charge on any atom is 0.0547 e. The van der Waals surface area contributed by atoms with E-state index in [1.165, 1.54) is 38.6 Å². The van der Waals surface area contributed by atoms with Gasteiger partial charge in [0.2, 0.25) is 0 Å². The molecule has 2 atom stereocenters.